The molecule has 0 saturated carbocycles. The predicted molar refractivity (Wildman–Crippen MR) is 72.2 cm³/mol. The summed E-state index contributed by atoms with van der Waals surface area (Å²) in [5.41, 5.74) is 6.26. The molecule has 1 fully saturated rings. The van der Waals surface area contributed by atoms with Crippen LogP contribution in [0.5, 0.6) is 0 Å². The van der Waals surface area contributed by atoms with Gasteiger partial charge in [-0.25, -0.2) is 0 Å². The zero-order valence-corrected chi connectivity index (χ0v) is 11.1. The van der Waals surface area contributed by atoms with Crippen molar-refractivity contribution in [3.63, 3.8) is 0 Å². The molecule has 3 N–H and O–H groups in total. The minimum Gasteiger partial charge on any atom is -0.334 e. The summed E-state index contributed by atoms with van der Waals surface area (Å²) >= 11 is 0. The number of pyridine rings is 1. The third kappa shape index (κ3) is 2.73. The molecule has 0 radical (unpaired) electrons. The number of rotatable bonds is 2. The second kappa shape index (κ2) is 6.02. The Hall–Kier alpha value is -1.33. The Morgan fingerprint density at radius 1 is 1.56 bits per heavy atom. The van der Waals surface area contributed by atoms with Gasteiger partial charge in [0.2, 0.25) is 0 Å². The fourth-order valence-electron chi connectivity index (χ4n) is 2.24. The molecule has 1 atom stereocenters. The van der Waals surface area contributed by atoms with Crippen molar-refractivity contribution in [1.29, 1.82) is 0 Å². The topological polar surface area (TPSA) is 79.2 Å². The van der Waals surface area contributed by atoms with Crippen molar-refractivity contribution in [2.45, 2.75) is 25.8 Å². The fraction of sp³-hybridized carbons (Fsp3) is 0.500. The standard InChI is InChI=1S/C12H17N3O2.ClH/c1-8-4-5-10(11(16)14-8)12(17)15-6-2-3-9(15)7-13;/h4-5,9H,2-3,6-7,13H2,1H3,(H,14,16);1H. The van der Waals surface area contributed by atoms with Gasteiger partial charge in [0.05, 0.1) is 0 Å². The first-order valence-corrected chi connectivity index (χ1v) is 5.84. The van der Waals surface area contributed by atoms with Crippen LogP contribution in [0.15, 0.2) is 16.9 Å². The average Bonchev–Trinajstić information content (AvgIpc) is 2.76. The summed E-state index contributed by atoms with van der Waals surface area (Å²) in [4.78, 5) is 28.2. The van der Waals surface area contributed by atoms with E-state index in [-0.39, 0.29) is 35.5 Å². The zero-order valence-electron chi connectivity index (χ0n) is 10.3. The molecule has 1 aromatic heterocycles. The lowest BCUT2D eigenvalue weighted by molar-refractivity contribution is 0.0739. The van der Waals surface area contributed by atoms with Crippen molar-refractivity contribution >= 4 is 18.3 Å². The number of aromatic nitrogens is 1. The quantitative estimate of drug-likeness (QED) is 0.830. The van der Waals surface area contributed by atoms with Crippen LogP contribution in [-0.2, 0) is 0 Å². The van der Waals surface area contributed by atoms with Gasteiger partial charge in [-0.2, -0.15) is 0 Å². The largest absolute Gasteiger partial charge is 0.334 e. The number of hydrogen-bond donors (Lipinski definition) is 2. The molecular weight excluding hydrogens is 254 g/mol. The van der Waals surface area contributed by atoms with Crippen LogP contribution in [0.1, 0.15) is 28.9 Å². The monoisotopic (exact) mass is 271 g/mol. The van der Waals surface area contributed by atoms with Gasteiger partial charge in [0, 0.05) is 24.8 Å². The van der Waals surface area contributed by atoms with E-state index >= 15 is 0 Å². The smallest absolute Gasteiger partial charge is 0.260 e. The van der Waals surface area contributed by atoms with Crippen LogP contribution in [0.25, 0.3) is 0 Å². The van der Waals surface area contributed by atoms with Gasteiger partial charge in [0.15, 0.2) is 0 Å². The van der Waals surface area contributed by atoms with Crippen molar-refractivity contribution < 1.29 is 4.79 Å². The Morgan fingerprint density at radius 3 is 2.89 bits per heavy atom. The van der Waals surface area contributed by atoms with Gasteiger partial charge in [-0.1, -0.05) is 0 Å². The van der Waals surface area contributed by atoms with Crippen molar-refractivity contribution in [3.05, 3.63) is 33.7 Å². The van der Waals surface area contributed by atoms with Crippen LogP contribution < -0.4 is 11.3 Å². The molecule has 1 aromatic rings. The zero-order chi connectivity index (χ0) is 12.4. The molecule has 1 amide bonds. The van der Waals surface area contributed by atoms with Gasteiger partial charge < -0.3 is 15.6 Å². The Kier molecular flexibility index (Phi) is 4.93. The fourth-order valence-corrected chi connectivity index (χ4v) is 2.24. The number of carbonyl (C=O) groups excluding carboxylic acids is 1. The highest BCUT2D eigenvalue weighted by Gasteiger charge is 2.29. The third-order valence-corrected chi connectivity index (χ3v) is 3.20. The number of nitrogens with zero attached hydrogens (tertiary/aromatic N) is 1. The van der Waals surface area contributed by atoms with Gasteiger partial charge in [0.1, 0.15) is 5.56 Å². The summed E-state index contributed by atoms with van der Waals surface area (Å²) in [5, 5.41) is 0. The summed E-state index contributed by atoms with van der Waals surface area (Å²) in [6.07, 6.45) is 1.88. The molecule has 6 heteroatoms. The first-order chi connectivity index (χ1) is 8.13. The highest BCUT2D eigenvalue weighted by atomic mass is 35.5. The maximum absolute atomic E-state index is 12.2. The number of aryl methyl sites for hydroxylation is 1. The number of hydrogen-bond acceptors (Lipinski definition) is 3. The molecule has 2 rings (SSSR count). The normalized spacial score (nSPS) is 18.6. The number of aromatic amines is 1. The minimum absolute atomic E-state index is 0. The SMILES string of the molecule is Cc1ccc(C(=O)N2CCCC2CN)c(=O)[nH]1.Cl. The van der Waals surface area contributed by atoms with Gasteiger partial charge >= 0.3 is 0 Å². The van der Waals surface area contributed by atoms with Crippen LogP contribution >= 0.6 is 12.4 Å². The Labute approximate surface area is 112 Å². The molecule has 1 aliphatic heterocycles. The minimum atomic E-state index is -0.322. The lowest BCUT2D eigenvalue weighted by Gasteiger charge is -2.23. The molecule has 1 aliphatic rings. The first-order valence-electron chi connectivity index (χ1n) is 5.84. The van der Waals surface area contributed by atoms with E-state index in [0.29, 0.717) is 13.1 Å². The number of amides is 1. The number of nitrogens with one attached hydrogen (secondary N) is 1. The summed E-state index contributed by atoms with van der Waals surface area (Å²) < 4.78 is 0. The summed E-state index contributed by atoms with van der Waals surface area (Å²) in [6.45, 7) is 2.93. The molecule has 18 heavy (non-hydrogen) atoms. The third-order valence-electron chi connectivity index (χ3n) is 3.20. The van der Waals surface area contributed by atoms with E-state index in [1.165, 1.54) is 0 Å². The molecule has 0 bridgehead atoms. The van der Waals surface area contributed by atoms with Crippen LogP contribution in [0.3, 0.4) is 0 Å². The second-order valence-corrected chi connectivity index (χ2v) is 4.41. The highest BCUT2D eigenvalue weighted by molar-refractivity contribution is 5.94. The molecule has 1 unspecified atom stereocenters. The molecule has 1 saturated heterocycles. The molecule has 5 nitrogen and oxygen atoms in total. The number of halogens is 1. The van der Waals surface area contributed by atoms with Crippen molar-refractivity contribution in [1.82, 2.24) is 9.88 Å². The van der Waals surface area contributed by atoms with Crippen LogP contribution in [0, 0.1) is 6.92 Å². The Balaban J connectivity index is 0.00000162. The summed E-state index contributed by atoms with van der Waals surface area (Å²) in [5.74, 6) is -0.209. The maximum Gasteiger partial charge on any atom is 0.260 e. The highest BCUT2D eigenvalue weighted by Crippen LogP contribution is 2.18. The summed E-state index contributed by atoms with van der Waals surface area (Å²) in [6, 6.07) is 3.40. The van der Waals surface area contributed by atoms with Gasteiger partial charge in [-0.15, -0.1) is 12.4 Å². The Morgan fingerprint density at radius 2 is 2.28 bits per heavy atom. The van der Waals surface area contributed by atoms with Crippen molar-refractivity contribution in [3.8, 4) is 0 Å². The van der Waals surface area contributed by atoms with Crippen LogP contribution in [0.4, 0.5) is 0 Å². The van der Waals surface area contributed by atoms with Crippen molar-refractivity contribution in [2.24, 2.45) is 5.73 Å². The number of nitrogens with two attached hydrogens (primary N) is 1. The van der Waals surface area contributed by atoms with E-state index in [1.54, 1.807) is 24.0 Å². The van der Waals surface area contributed by atoms with Crippen LogP contribution in [-0.4, -0.2) is 34.9 Å². The lowest BCUT2D eigenvalue weighted by atomic mass is 10.2. The van der Waals surface area contributed by atoms with E-state index in [9.17, 15) is 9.59 Å². The average molecular weight is 272 g/mol. The first kappa shape index (κ1) is 14.7. The number of likely N-dealkylation sites (tertiary alicyclic amines) is 1. The van der Waals surface area contributed by atoms with E-state index < -0.39 is 0 Å². The van der Waals surface area contributed by atoms with E-state index in [2.05, 4.69) is 4.98 Å². The van der Waals surface area contributed by atoms with Gasteiger partial charge in [0.25, 0.3) is 11.5 Å². The van der Waals surface area contributed by atoms with Crippen molar-refractivity contribution in [2.75, 3.05) is 13.1 Å². The van der Waals surface area contributed by atoms with Crippen LogP contribution in [0.2, 0.25) is 0 Å². The molecule has 0 aromatic carbocycles. The molecule has 100 valence electrons. The Bertz CT molecular complexity index is 486. The van der Waals surface area contributed by atoms with Gasteiger partial charge in [-0.3, -0.25) is 9.59 Å². The van der Waals surface area contributed by atoms with E-state index in [4.69, 9.17) is 5.73 Å². The van der Waals surface area contributed by atoms with Gasteiger partial charge in [-0.05, 0) is 31.9 Å². The number of carbonyl (C=O) groups is 1. The predicted octanol–water partition coefficient (Wildman–Crippen LogP) is 0.668. The van der Waals surface area contributed by atoms with E-state index in [0.717, 1.165) is 18.5 Å². The molecule has 2 heterocycles. The van der Waals surface area contributed by atoms with E-state index in [1.807, 2.05) is 0 Å². The second-order valence-electron chi connectivity index (χ2n) is 4.41. The summed E-state index contributed by atoms with van der Waals surface area (Å²) in [7, 11) is 0. The number of H-pyrrole nitrogens is 1. The molecule has 0 spiro atoms. The molecular formula is C12H18ClN3O2. The maximum atomic E-state index is 12.2. The molecule has 0 aliphatic carbocycles. The lowest BCUT2D eigenvalue weighted by Crippen LogP contribution is -2.41.